The molecule has 2 rings (SSSR count). The van der Waals surface area contributed by atoms with Crippen molar-refractivity contribution in [1.29, 1.82) is 0 Å². The van der Waals surface area contributed by atoms with Crippen LogP contribution in [0, 0.1) is 12.3 Å². The molecule has 0 amide bonds. The molecule has 0 unspecified atom stereocenters. The summed E-state index contributed by atoms with van der Waals surface area (Å²) in [6, 6.07) is 0.504. The van der Waals surface area contributed by atoms with Crippen LogP contribution in [-0.2, 0) is 6.42 Å². The van der Waals surface area contributed by atoms with Gasteiger partial charge in [-0.15, -0.1) is 6.42 Å². The molecule has 0 spiro atoms. The molecule has 3 nitrogen and oxygen atoms in total. The molecular formula is C17H27N3Si. The monoisotopic (exact) mass is 301 g/mol. The molecule has 0 aromatic carbocycles. The minimum absolute atomic E-state index is 0.504. The van der Waals surface area contributed by atoms with Gasteiger partial charge in [-0.1, -0.05) is 45.3 Å². The van der Waals surface area contributed by atoms with Gasteiger partial charge in [-0.05, 0) is 24.8 Å². The SMILES string of the molecule is C#Cc1c(CC)ncnc1N[C@H]1CC[C@@H]([Si](C)(C)C)CC1. The van der Waals surface area contributed by atoms with Crippen LogP contribution in [0.4, 0.5) is 5.82 Å². The first-order chi connectivity index (χ1) is 9.95. The lowest BCUT2D eigenvalue weighted by molar-refractivity contribution is 0.453. The van der Waals surface area contributed by atoms with Crippen molar-refractivity contribution in [2.45, 2.75) is 70.3 Å². The van der Waals surface area contributed by atoms with E-state index in [1.165, 1.54) is 25.7 Å². The number of nitrogens with one attached hydrogen (secondary N) is 1. The Hall–Kier alpha value is -1.34. The summed E-state index contributed by atoms with van der Waals surface area (Å²) in [5.41, 5.74) is 2.76. The number of hydrogen-bond donors (Lipinski definition) is 1. The van der Waals surface area contributed by atoms with Gasteiger partial charge in [0.15, 0.2) is 0 Å². The van der Waals surface area contributed by atoms with Gasteiger partial charge in [0.25, 0.3) is 0 Å². The largest absolute Gasteiger partial charge is 0.366 e. The second kappa shape index (κ2) is 6.61. The van der Waals surface area contributed by atoms with E-state index in [1.54, 1.807) is 6.33 Å². The van der Waals surface area contributed by atoms with E-state index < -0.39 is 8.07 Å². The first-order valence-electron chi connectivity index (χ1n) is 8.02. The van der Waals surface area contributed by atoms with Gasteiger partial charge in [0.1, 0.15) is 12.1 Å². The van der Waals surface area contributed by atoms with Crippen LogP contribution >= 0.6 is 0 Å². The summed E-state index contributed by atoms with van der Waals surface area (Å²) >= 11 is 0. The second-order valence-electron chi connectivity index (χ2n) is 7.10. The van der Waals surface area contributed by atoms with Gasteiger partial charge in [-0.25, -0.2) is 9.97 Å². The fraction of sp³-hybridized carbons (Fsp3) is 0.647. The molecule has 0 radical (unpaired) electrons. The highest BCUT2D eigenvalue weighted by atomic mass is 28.3. The summed E-state index contributed by atoms with van der Waals surface area (Å²) in [6.07, 6.45) is 13.2. The normalized spacial score (nSPS) is 22.6. The summed E-state index contributed by atoms with van der Waals surface area (Å²) in [5, 5.41) is 3.57. The molecule has 1 fully saturated rings. The minimum atomic E-state index is -0.996. The van der Waals surface area contributed by atoms with Crippen molar-refractivity contribution < 1.29 is 0 Å². The summed E-state index contributed by atoms with van der Waals surface area (Å²) < 4.78 is 0. The summed E-state index contributed by atoms with van der Waals surface area (Å²) in [5.74, 6) is 3.61. The molecule has 0 atom stereocenters. The molecule has 1 heterocycles. The van der Waals surface area contributed by atoms with Crippen LogP contribution in [0.5, 0.6) is 0 Å². The Balaban J connectivity index is 2.03. The lowest BCUT2D eigenvalue weighted by Gasteiger charge is -2.36. The summed E-state index contributed by atoms with van der Waals surface area (Å²) in [4.78, 5) is 8.64. The highest BCUT2D eigenvalue weighted by Crippen LogP contribution is 2.37. The molecule has 4 heteroatoms. The number of nitrogens with zero attached hydrogens (tertiary/aromatic N) is 2. The van der Waals surface area contributed by atoms with Gasteiger partial charge in [0, 0.05) is 14.1 Å². The van der Waals surface area contributed by atoms with Crippen molar-refractivity contribution in [2.24, 2.45) is 0 Å². The molecule has 0 saturated heterocycles. The zero-order chi connectivity index (χ0) is 15.5. The van der Waals surface area contributed by atoms with Crippen LogP contribution < -0.4 is 5.32 Å². The van der Waals surface area contributed by atoms with Crippen molar-refractivity contribution in [1.82, 2.24) is 9.97 Å². The second-order valence-corrected chi connectivity index (χ2v) is 12.6. The molecule has 1 saturated carbocycles. The van der Waals surface area contributed by atoms with Crippen molar-refractivity contribution in [3.05, 3.63) is 17.6 Å². The maximum atomic E-state index is 5.65. The average molecular weight is 302 g/mol. The highest BCUT2D eigenvalue weighted by Gasteiger charge is 2.31. The Morgan fingerprint density at radius 2 is 1.90 bits per heavy atom. The standard InChI is InChI=1S/C17H27N3Si/c1-6-15-16(7-2)18-12-19-17(15)20-13-8-10-14(11-9-13)21(3,4)5/h1,12-14H,7-11H2,2-5H3,(H,18,19,20)/t13-,14+. The Morgan fingerprint density at radius 3 is 2.43 bits per heavy atom. The third kappa shape index (κ3) is 3.85. The van der Waals surface area contributed by atoms with E-state index >= 15 is 0 Å². The fourth-order valence-corrected chi connectivity index (χ4v) is 5.31. The third-order valence-electron chi connectivity index (χ3n) is 4.70. The fourth-order valence-electron chi connectivity index (χ4n) is 3.25. The van der Waals surface area contributed by atoms with Crippen LogP contribution in [0.1, 0.15) is 43.9 Å². The smallest absolute Gasteiger partial charge is 0.145 e. The topological polar surface area (TPSA) is 37.8 Å². The predicted molar refractivity (Wildman–Crippen MR) is 92.3 cm³/mol. The molecule has 0 bridgehead atoms. The summed E-state index contributed by atoms with van der Waals surface area (Å²) in [6.45, 7) is 9.53. The highest BCUT2D eigenvalue weighted by molar-refractivity contribution is 6.77. The molecule has 21 heavy (non-hydrogen) atoms. The minimum Gasteiger partial charge on any atom is -0.366 e. The third-order valence-corrected chi connectivity index (χ3v) is 7.72. The van der Waals surface area contributed by atoms with E-state index in [-0.39, 0.29) is 0 Å². The van der Waals surface area contributed by atoms with Crippen LogP contribution in [0.15, 0.2) is 6.33 Å². The van der Waals surface area contributed by atoms with E-state index in [4.69, 9.17) is 6.42 Å². The quantitative estimate of drug-likeness (QED) is 0.672. The molecule has 1 aromatic rings. The number of rotatable bonds is 4. The van der Waals surface area contributed by atoms with E-state index in [1.807, 2.05) is 0 Å². The molecule has 1 aliphatic rings. The summed E-state index contributed by atoms with van der Waals surface area (Å²) in [7, 11) is -0.996. The number of hydrogen-bond acceptors (Lipinski definition) is 3. The maximum Gasteiger partial charge on any atom is 0.145 e. The number of aryl methyl sites for hydroxylation is 1. The van der Waals surface area contributed by atoms with E-state index in [9.17, 15) is 0 Å². The lowest BCUT2D eigenvalue weighted by atomic mass is 9.94. The van der Waals surface area contributed by atoms with Crippen molar-refractivity contribution in [3.8, 4) is 12.3 Å². The molecular weight excluding hydrogens is 274 g/mol. The molecule has 1 N–H and O–H groups in total. The zero-order valence-corrected chi connectivity index (χ0v) is 14.7. The van der Waals surface area contributed by atoms with E-state index in [2.05, 4.69) is 47.8 Å². The van der Waals surface area contributed by atoms with Crippen LogP contribution in [0.3, 0.4) is 0 Å². The Kier molecular flexibility index (Phi) is 5.05. The van der Waals surface area contributed by atoms with E-state index in [0.717, 1.165) is 29.0 Å². The number of aromatic nitrogens is 2. The molecule has 114 valence electrons. The number of anilines is 1. The Labute approximate surface area is 130 Å². The predicted octanol–water partition coefficient (Wildman–Crippen LogP) is 4.08. The number of terminal acetylenes is 1. The maximum absolute atomic E-state index is 5.65. The van der Waals surface area contributed by atoms with Gasteiger partial charge in [0.2, 0.25) is 0 Å². The molecule has 0 aliphatic heterocycles. The van der Waals surface area contributed by atoms with Crippen molar-refractivity contribution in [2.75, 3.05) is 5.32 Å². The molecule has 1 aromatic heterocycles. The first-order valence-corrected chi connectivity index (χ1v) is 11.6. The van der Waals surface area contributed by atoms with Gasteiger partial charge in [-0.3, -0.25) is 0 Å². The van der Waals surface area contributed by atoms with Gasteiger partial charge in [-0.2, -0.15) is 0 Å². The van der Waals surface area contributed by atoms with Gasteiger partial charge in [0.05, 0.1) is 11.3 Å². The zero-order valence-electron chi connectivity index (χ0n) is 13.7. The van der Waals surface area contributed by atoms with Crippen LogP contribution in [-0.4, -0.2) is 24.1 Å². The van der Waals surface area contributed by atoms with Crippen molar-refractivity contribution in [3.63, 3.8) is 0 Å². The first kappa shape index (κ1) is 16.0. The average Bonchev–Trinajstić information content (AvgIpc) is 2.46. The van der Waals surface area contributed by atoms with Gasteiger partial charge >= 0.3 is 0 Å². The van der Waals surface area contributed by atoms with Crippen molar-refractivity contribution >= 4 is 13.9 Å². The molecule has 1 aliphatic carbocycles. The Morgan fingerprint density at radius 1 is 1.24 bits per heavy atom. The van der Waals surface area contributed by atoms with Crippen LogP contribution in [0.2, 0.25) is 25.2 Å². The Bertz CT molecular complexity index is 520. The van der Waals surface area contributed by atoms with Gasteiger partial charge < -0.3 is 5.32 Å². The van der Waals surface area contributed by atoms with E-state index in [0.29, 0.717) is 6.04 Å². The lowest BCUT2D eigenvalue weighted by Crippen LogP contribution is -2.35. The van der Waals surface area contributed by atoms with Crippen LogP contribution in [0.25, 0.3) is 0 Å².